The minimum atomic E-state index is 0.640. The zero-order valence-electron chi connectivity index (χ0n) is 15.3. The van der Waals surface area contributed by atoms with Gasteiger partial charge in [0.2, 0.25) is 0 Å². The lowest BCUT2D eigenvalue weighted by atomic mass is 9.94. The molecule has 0 fully saturated rings. The molecule has 0 radical (unpaired) electrons. The Morgan fingerprint density at radius 2 is 1.14 bits per heavy atom. The molecule has 1 heteroatoms. The Hall–Kier alpha value is -1.76. The van der Waals surface area contributed by atoms with E-state index in [1.165, 1.54) is 50.1 Å². The predicted molar refractivity (Wildman–Crippen MR) is 95.1 cm³/mol. The Bertz CT molecular complexity index is 724. The lowest BCUT2D eigenvalue weighted by molar-refractivity contribution is 0.302. The third-order valence-electron chi connectivity index (χ3n) is 5.32. The van der Waals surface area contributed by atoms with Gasteiger partial charge in [0.25, 0.3) is 0 Å². The molecule has 1 nitrogen and oxygen atoms in total. The van der Waals surface area contributed by atoms with Crippen LogP contribution < -0.4 is 4.74 Å². The van der Waals surface area contributed by atoms with E-state index < -0.39 is 0 Å². The van der Waals surface area contributed by atoms with Crippen LogP contribution in [0.1, 0.15) is 50.1 Å². The van der Waals surface area contributed by atoms with E-state index in [1.807, 2.05) is 0 Å². The Morgan fingerprint density at radius 1 is 0.591 bits per heavy atom. The molecular weight excluding hydrogens is 268 g/mol. The highest BCUT2D eigenvalue weighted by Gasteiger charge is 2.12. The summed E-state index contributed by atoms with van der Waals surface area (Å²) in [5.41, 5.74) is 12.0. The fraction of sp³-hybridized carbons (Fsp3) is 0.429. The van der Waals surface area contributed by atoms with Gasteiger partial charge in [-0.15, -0.1) is 0 Å². The fourth-order valence-corrected chi connectivity index (χ4v) is 3.03. The van der Waals surface area contributed by atoms with Crippen molar-refractivity contribution in [1.29, 1.82) is 0 Å². The highest BCUT2D eigenvalue weighted by atomic mass is 16.5. The summed E-state index contributed by atoms with van der Waals surface area (Å²) < 4.78 is 6.20. The topological polar surface area (TPSA) is 9.23 Å². The van der Waals surface area contributed by atoms with Crippen molar-refractivity contribution in [3.8, 4) is 5.75 Å². The lowest BCUT2D eigenvalue weighted by Gasteiger charge is -2.18. The second-order valence-corrected chi connectivity index (χ2v) is 6.59. The minimum absolute atomic E-state index is 0.640. The molecule has 0 spiro atoms. The molecule has 0 aliphatic heterocycles. The molecule has 2 aromatic rings. The van der Waals surface area contributed by atoms with Gasteiger partial charge in [-0.2, -0.15) is 0 Å². The first kappa shape index (κ1) is 16.6. The fourth-order valence-electron chi connectivity index (χ4n) is 3.03. The molecule has 2 aromatic carbocycles. The molecule has 0 aliphatic rings. The molecule has 0 saturated carbocycles. The zero-order chi connectivity index (χ0) is 16.6. The van der Waals surface area contributed by atoms with Crippen molar-refractivity contribution in [3.63, 3.8) is 0 Å². The third-order valence-corrected chi connectivity index (χ3v) is 5.32. The van der Waals surface area contributed by atoms with Gasteiger partial charge < -0.3 is 4.74 Å². The zero-order valence-corrected chi connectivity index (χ0v) is 15.3. The van der Waals surface area contributed by atoms with Gasteiger partial charge in [0.1, 0.15) is 12.4 Å². The molecule has 118 valence electrons. The van der Waals surface area contributed by atoms with Crippen molar-refractivity contribution in [2.75, 3.05) is 0 Å². The molecular formula is C21H28O. The quantitative estimate of drug-likeness (QED) is 0.702. The maximum Gasteiger partial charge on any atom is 0.123 e. The van der Waals surface area contributed by atoms with Crippen LogP contribution in [0.3, 0.4) is 0 Å². The number of hydrogen-bond donors (Lipinski definition) is 0. The molecule has 0 atom stereocenters. The molecule has 0 aliphatic carbocycles. The second kappa shape index (κ2) is 6.16. The van der Waals surface area contributed by atoms with E-state index in [0.717, 1.165) is 5.75 Å². The van der Waals surface area contributed by atoms with Crippen LogP contribution in [0.25, 0.3) is 0 Å². The van der Waals surface area contributed by atoms with E-state index in [2.05, 4.69) is 67.5 Å². The van der Waals surface area contributed by atoms with Gasteiger partial charge in [0, 0.05) is 0 Å². The van der Waals surface area contributed by atoms with Crippen LogP contribution in [0.2, 0.25) is 0 Å². The first-order valence-electron chi connectivity index (χ1n) is 8.00. The number of ether oxygens (including phenoxy) is 1. The Labute approximate surface area is 135 Å². The molecule has 0 aromatic heterocycles. The van der Waals surface area contributed by atoms with Gasteiger partial charge in [0.05, 0.1) is 0 Å². The average molecular weight is 296 g/mol. The predicted octanol–water partition coefficient (Wildman–Crippen LogP) is 5.73. The van der Waals surface area contributed by atoms with E-state index in [0.29, 0.717) is 6.61 Å². The average Bonchev–Trinajstić information content (AvgIpc) is 2.47. The van der Waals surface area contributed by atoms with Gasteiger partial charge in [-0.25, -0.2) is 0 Å². The Balaban J connectivity index is 2.34. The van der Waals surface area contributed by atoms with Crippen molar-refractivity contribution >= 4 is 0 Å². The smallest absolute Gasteiger partial charge is 0.123 e. The number of hydrogen-bond acceptors (Lipinski definition) is 1. The molecule has 0 N–H and O–H groups in total. The van der Waals surface area contributed by atoms with Crippen molar-refractivity contribution in [2.45, 2.75) is 62.0 Å². The van der Waals surface area contributed by atoms with E-state index in [1.54, 1.807) is 0 Å². The SMILES string of the molecule is Cc1cc(OCc2c(C)cc(C)c(C)c2C)c(C)c(C)c1C. The van der Waals surface area contributed by atoms with Crippen LogP contribution >= 0.6 is 0 Å². The van der Waals surface area contributed by atoms with Crippen molar-refractivity contribution in [2.24, 2.45) is 0 Å². The van der Waals surface area contributed by atoms with Gasteiger partial charge >= 0.3 is 0 Å². The standard InChI is InChI=1S/C21H28O/c1-12-9-14(3)20(18(7)16(12)5)11-22-21-10-13(2)15(4)17(6)19(21)8/h9-10H,11H2,1-8H3. The van der Waals surface area contributed by atoms with Crippen molar-refractivity contribution < 1.29 is 4.74 Å². The molecule has 0 amide bonds. The second-order valence-electron chi connectivity index (χ2n) is 6.59. The molecule has 0 saturated heterocycles. The van der Waals surface area contributed by atoms with E-state index in [4.69, 9.17) is 4.74 Å². The Kier molecular flexibility index (Phi) is 4.65. The van der Waals surface area contributed by atoms with E-state index in [-0.39, 0.29) is 0 Å². The summed E-state index contributed by atoms with van der Waals surface area (Å²) in [4.78, 5) is 0. The summed E-state index contributed by atoms with van der Waals surface area (Å²) in [7, 11) is 0. The number of rotatable bonds is 3. The van der Waals surface area contributed by atoms with Crippen LogP contribution in [0.15, 0.2) is 12.1 Å². The van der Waals surface area contributed by atoms with Crippen LogP contribution in [-0.4, -0.2) is 0 Å². The Morgan fingerprint density at radius 3 is 1.77 bits per heavy atom. The number of benzene rings is 2. The first-order chi connectivity index (χ1) is 10.2. The van der Waals surface area contributed by atoms with Crippen molar-refractivity contribution in [3.05, 3.63) is 62.2 Å². The first-order valence-corrected chi connectivity index (χ1v) is 8.00. The summed E-state index contributed by atoms with van der Waals surface area (Å²) in [6, 6.07) is 4.43. The summed E-state index contributed by atoms with van der Waals surface area (Å²) >= 11 is 0. The van der Waals surface area contributed by atoms with Crippen molar-refractivity contribution in [1.82, 2.24) is 0 Å². The highest BCUT2D eigenvalue weighted by Crippen LogP contribution is 2.29. The summed E-state index contributed by atoms with van der Waals surface area (Å²) in [6.45, 7) is 18.1. The number of aryl methyl sites for hydroxylation is 3. The van der Waals surface area contributed by atoms with Gasteiger partial charge in [0.15, 0.2) is 0 Å². The molecule has 2 rings (SSSR count). The van der Waals surface area contributed by atoms with Gasteiger partial charge in [-0.1, -0.05) is 6.07 Å². The molecule has 0 heterocycles. The van der Waals surface area contributed by atoms with E-state index >= 15 is 0 Å². The third kappa shape index (κ3) is 2.90. The highest BCUT2D eigenvalue weighted by molar-refractivity contribution is 5.48. The van der Waals surface area contributed by atoms with Crippen LogP contribution in [0.5, 0.6) is 5.75 Å². The monoisotopic (exact) mass is 296 g/mol. The maximum atomic E-state index is 6.20. The molecule has 0 unspecified atom stereocenters. The van der Waals surface area contributed by atoms with Gasteiger partial charge in [-0.3, -0.25) is 0 Å². The normalized spacial score (nSPS) is 10.9. The van der Waals surface area contributed by atoms with Gasteiger partial charge in [-0.05, 0) is 112 Å². The largest absolute Gasteiger partial charge is 0.489 e. The van der Waals surface area contributed by atoms with Crippen LogP contribution in [0.4, 0.5) is 0 Å². The minimum Gasteiger partial charge on any atom is -0.489 e. The summed E-state index contributed by atoms with van der Waals surface area (Å²) in [5, 5.41) is 0. The van der Waals surface area contributed by atoms with Crippen LogP contribution in [-0.2, 0) is 6.61 Å². The summed E-state index contributed by atoms with van der Waals surface area (Å²) in [6.07, 6.45) is 0. The van der Waals surface area contributed by atoms with E-state index in [9.17, 15) is 0 Å². The lowest BCUT2D eigenvalue weighted by Crippen LogP contribution is -2.05. The molecule has 0 bridgehead atoms. The van der Waals surface area contributed by atoms with Crippen LogP contribution in [0, 0.1) is 55.4 Å². The molecule has 22 heavy (non-hydrogen) atoms. The summed E-state index contributed by atoms with van der Waals surface area (Å²) in [5.74, 6) is 1.01. The maximum absolute atomic E-state index is 6.20.